The van der Waals surface area contributed by atoms with Gasteiger partial charge in [-0.05, 0) is 42.5 Å². The summed E-state index contributed by atoms with van der Waals surface area (Å²) in [5, 5.41) is 6.17. The zero-order chi connectivity index (χ0) is 20.6. The molecule has 5 nitrogen and oxygen atoms in total. The Morgan fingerprint density at radius 3 is 2.55 bits per heavy atom. The van der Waals surface area contributed by atoms with Crippen LogP contribution in [0.1, 0.15) is 4.88 Å². The van der Waals surface area contributed by atoms with E-state index in [4.69, 9.17) is 16.3 Å². The van der Waals surface area contributed by atoms with Gasteiger partial charge < -0.3 is 15.4 Å². The Balaban J connectivity index is 1.62. The maximum absolute atomic E-state index is 12.2. The maximum atomic E-state index is 12.2. The van der Waals surface area contributed by atoms with Crippen LogP contribution in [0.3, 0.4) is 0 Å². The Morgan fingerprint density at radius 2 is 1.79 bits per heavy atom. The first-order chi connectivity index (χ1) is 14.0. The van der Waals surface area contributed by atoms with Crippen molar-refractivity contribution < 1.29 is 14.3 Å². The number of carbonyl (C=O) groups is 2. The van der Waals surface area contributed by atoms with Crippen LogP contribution in [0.25, 0.3) is 16.5 Å². The van der Waals surface area contributed by atoms with Gasteiger partial charge in [0.2, 0.25) is 11.8 Å². The Kier molecular flexibility index (Phi) is 7.19. The van der Waals surface area contributed by atoms with Gasteiger partial charge in [0.05, 0.1) is 0 Å². The predicted octanol–water partition coefficient (Wildman–Crippen LogP) is 5.31. The SMILES string of the molecule is COCC(=O)Nc1cccc(NC(=O)/C=C/c2ccc(-c3ccccc3Cl)s2)c1. The van der Waals surface area contributed by atoms with Crippen molar-refractivity contribution in [1.29, 1.82) is 0 Å². The lowest BCUT2D eigenvalue weighted by Gasteiger charge is -2.07. The van der Waals surface area contributed by atoms with Crippen molar-refractivity contribution in [2.45, 2.75) is 0 Å². The van der Waals surface area contributed by atoms with Crippen molar-refractivity contribution in [3.05, 3.63) is 76.6 Å². The van der Waals surface area contributed by atoms with E-state index in [1.54, 1.807) is 41.7 Å². The van der Waals surface area contributed by atoms with Crippen LogP contribution in [0.5, 0.6) is 0 Å². The van der Waals surface area contributed by atoms with Crippen LogP contribution in [0.4, 0.5) is 11.4 Å². The van der Waals surface area contributed by atoms with Gasteiger partial charge in [0, 0.05) is 44.9 Å². The van der Waals surface area contributed by atoms with E-state index in [2.05, 4.69) is 10.6 Å². The van der Waals surface area contributed by atoms with Gasteiger partial charge in [-0.15, -0.1) is 11.3 Å². The van der Waals surface area contributed by atoms with Gasteiger partial charge in [0.15, 0.2) is 0 Å². The molecule has 1 aromatic heterocycles. The van der Waals surface area contributed by atoms with Gasteiger partial charge in [-0.2, -0.15) is 0 Å². The summed E-state index contributed by atoms with van der Waals surface area (Å²) >= 11 is 7.79. The van der Waals surface area contributed by atoms with Crippen LogP contribution in [-0.4, -0.2) is 25.5 Å². The van der Waals surface area contributed by atoms with Crippen molar-refractivity contribution in [2.75, 3.05) is 24.4 Å². The van der Waals surface area contributed by atoms with Gasteiger partial charge in [-0.25, -0.2) is 0 Å². The number of carbonyl (C=O) groups excluding carboxylic acids is 2. The van der Waals surface area contributed by atoms with Gasteiger partial charge in [0.25, 0.3) is 0 Å². The molecule has 2 amide bonds. The van der Waals surface area contributed by atoms with Crippen molar-refractivity contribution >= 4 is 52.2 Å². The fourth-order valence-electron chi connectivity index (χ4n) is 2.59. The minimum Gasteiger partial charge on any atom is -0.375 e. The number of rotatable bonds is 7. The van der Waals surface area contributed by atoms with E-state index >= 15 is 0 Å². The summed E-state index contributed by atoms with van der Waals surface area (Å²) in [7, 11) is 1.45. The van der Waals surface area contributed by atoms with Gasteiger partial charge >= 0.3 is 0 Å². The average molecular weight is 427 g/mol. The molecule has 0 saturated carbocycles. The number of hydrogen-bond donors (Lipinski definition) is 2. The summed E-state index contributed by atoms with van der Waals surface area (Å²) in [6.07, 6.45) is 3.23. The molecule has 0 spiro atoms. The number of methoxy groups -OCH3 is 1. The summed E-state index contributed by atoms with van der Waals surface area (Å²) in [5.41, 5.74) is 2.13. The molecular formula is C22H19ClN2O3S. The number of benzene rings is 2. The molecule has 0 saturated heterocycles. The number of nitrogens with one attached hydrogen (secondary N) is 2. The summed E-state index contributed by atoms with van der Waals surface area (Å²) in [5.74, 6) is -0.527. The summed E-state index contributed by atoms with van der Waals surface area (Å²) in [6, 6.07) is 18.5. The molecule has 2 N–H and O–H groups in total. The zero-order valence-electron chi connectivity index (χ0n) is 15.6. The highest BCUT2D eigenvalue weighted by Gasteiger charge is 2.06. The number of hydrogen-bond acceptors (Lipinski definition) is 4. The lowest BCUT2D eigenvalue weighted by Crippen LogP contribution is -2.17. The molecule has 29 heavy (non-hydrogen) atoms. The highest BCUT2D eigenvalue weighted by Crippen LogP contribution is 2.33. The third kappa shape index (κ3) is 6.02. The van der Waals surface area contributed by atoms with Crippen molar-refractivity contribution in [3.8, 4) is 10.4 Å². The van der Waals surface area contributed by atoms with Crippen LogP contribution >= 0.6 is 22.9 Å². The highest BCUT2D eigenvalue weighted by atomic mass is 35.5. The summed E-state index contributed by atoms with van der Waals surface area (Å²) < 4.78 is 4.78. The van der Waals surface area contributed by atoms with E-state index in [0.717, 1.165) is 15.3 Å². The van der Waals surface area contributed by atoms with E-state index in [0.29, 0.717) is 16.4 Å². The summed E-state index contributed by atoms with van der Waals surface area (Å²) in [6.45, 7) is -0.0314. The minimum absolute atomic E-state index is 0.0314. The van der Waals surface area contributed by atoms with Crippen molar-refractivity contribution in [2.24, 2.45) is 0 Å². The molecule has 0 unspecified atom stereocenters. The quantitative estimate of drug-likeness (QED) is 0.503. The number of amides is 2. The van der Waals surface area contributed by atoms with Crippen LogP contribution in [0.15, 0.2) is 66.7 Å². The van der Waals surface area contributed by atoms with Crippen LogP contribution in [0.2, 0.25) is 5.02 Å². The zero-order valence-corrected chi connectivity index (χ0v) is 17.2. The van der Waals surface area contributed by atoms with E-state index in [1.807, 2.05) is 36.4 Å². The Hall–Kier alpha value is -2.93. The van der Waals surface area contributed by atoms with Gasteiger partial charge in [0.1, 0.15) is 6.61 Å². The van der Waals surface area contributed by atoms with Crippen LogP contribution < -0.4 is 10.6 Å². The van der Waals surface area contributed by atoms with E-state index in [1.165, 1.54) is 13.2 Å². The van der Waals surface area contributed by atoms with Gasteiger partial charge in [-0.3, -0.25) is 9.59 Å². The van der Waals surface area contributed by atoms with Crippen LogP contribution in [-0.2, 0) is 14.3 Å². The van der Waals surface area contributed by atoms with E-state index in [-0.39, 0.29) is 18.4 Å². The first kappa shape index (κ1) is 20.8. The molecule has 0 aliphatic rings. The Bertz CT molecular complexity index is 1050. The lowest BCUT2D eigenvalue weighted by molar-refractivity contribution is -0.119. The number of thiophene rings is 1. The second-order valence-electron chi connectivity index (χ2n) is 6.07. The molecule has 0 aliphatic carbocycles. The molecule has 3 rings (SSSR count). The monoisotopic (exact) mass is 426 g/mol. The molecular weight excluding hydrogens is 408 g/mol. The predicted molar refractivity (Wildman–Crippen MR) is 119 cm³/mol. The first-order valence-electron chi connectivity index (χ1n) is 8.78. The minimum atomic E-state index is -0.266. The second kappa shape index (κ2) is 10.0. The molecule has 7 heteroatoms. The first-order valence-corrected chi connectivity index (χ1v) is 9.97. The summed E-state index contributed by atoms with van der Waals surface area (Å²) in [4.78, 5) is 25.8. The molecule has 0 radical (unpaired) electrons. The third-order valence-electron chi connectivity index (χ3n) is 3.85. The molecule has 148 valence electrons. The molecule has 0 aliphatic heterocycles. The smallest absolute Gasteiger partial charge is 0.250 e. The molecule has 2 aromatic carbocycles. The molecule has 3 aromatic rings. The third-order valence-corrected chi connectivity index (χ3v) is 5.27. The molecule has 1 heterocycles. The fraction of sp³-hybridized carbons (Fsp3) is 0.0909. The maximum Gasteiger partial charge on any atom is 0.250 e. The number of halogens is 1. The number of ether oxygens (including phenoxy) is 1. The Morgan fingerprint density at radius 1 is 1.03 bits per heavy atom. The second-order valence-corrected chi connectivity index (χ2v) is 7.59. The lowest BCUT2D eigenvalue weighted by atomic mass is 10.2. The fourth-order valence-corrected chi connectivity index (χ4v) is 3.84. The highest BCUT2D eigenvalue weighted by molar-refractivity contribution is 7.16. The van der Waals surface area contributed by atoms with Gasteiger partial charge in [-0.1, -0.05) is 35.9 Å². The standard InChI is InChI=1S/C22H19ClN2O3S/c1-28-14-22(27)25-16-6-4-5-15(13-16)24-21(26)12-10-17-9-11-20(29-17)18-7-2-3-8-19(18)23/h2-13H,14H2,1H3,(H,24,26)(H,25,27)/b12-10+. The van der Waals surface area contributed by atoms with E-state index in [9.17, 15) is 9.59 Å². The molecule has 0 atom stereocenters. The molecule has 0 bridgehead atoms. The van der Waals surface area contributed by atoms with Crippen molar-refractivity contribution in [3.63, 3.8) is 0 Å². The molecule has 0 fully saturated rings. The largest absolute Gasteiger partial charge is 0.375 e. The van der Waals surface area contributed by atoms with Crippen LogP contribution in [0, 0.1) is 0 Å². The topological polar surface area (TPSA) is 67.4 Å². The Labute approximate surface area is 178 Å². The van der Waals surface area contributed by atoms with Crippen molar-refractivity contribution in [1.82, 2.24) is 0 Å². The van der Waals surface area contributed by atoms with E-state index < -0.39 is 0 Å². The normalized spacial score (nSPS) is 10.8. The average Bonchev–Trinajstić information content (AvgIpc) is 3.16. The number of anilines is 2.